The Morgan fingerprint density at radius 2 is 1.96 bits per heavy atom. The van der Waals surface area contributed by atoms with Crippen molar-refractivity contribution in [3.05, 3.63) is 69.3 Å². The zero-order valence-electron chi connectivity index (χ0n) is 15.0. The van der Waals surface area contributed by atoms with E-state index in [9.17, 15) is 9.59 Å². The maximum absolute atomic E-state index is 13.0. The molecule has 1 unspecified atom stereocenters. The summed E-state index contributed by atoms with van der Waals surface area (Å²) in [6, 6.07) is 11.2. The van der Waals surface area contributed by atoms with E-state index in [-0.39, 0.29) is 17.5 Å². The summed E-state index contributed by atoms with van der Waals surface area (Å²) < 4.78 is 1.48. The lowest BCUT2D eigenvalue weighted by molar-refractivity contribution is 0.0605. The molecule has 1 amide bonds. The third-order valence-corrected chi connectivity index (χ3v) is 5.25. The minimum atomic E-state index is -0.0875. The number of likely N-dealkylation sites (tertiary alicyclic amines) is 1. The van der Waals surface area contributed by atoms with Crippen molar-refractivity contribution < 1.29 is 4.79 Å². The topological polar surface area (TPSA) is 70.5 Å². The first-order valence-electron chi connectivity index (χ1n) is 9.01. The molecule has 4 rings (SSSR count). The summed E-state index contributed by atoms with van der Waals surface area (Å²) in [5, 5.41) is 3.19. The van der Waals surface area contributed by atoms with Crippen LogP contribution in [0.4, 0.5) is 0 Å². The molecule has 6 heteroatoms. The molecule has 0 aliphatic carbocycles. The highest BCUT2D eigenvalue weighted by Crippen LogP contribution is 2.31. The van der Waals surface area contributed by atoms with Crippen LogP contribution in [-0.4, -0.2) is 31.9 Å². The number of nitrogens with one attached hydrogen (secondary N) is 1. The fraction of sp³-hybridized carbons (Fsp3) is 0.350. The standard InChI is InChI=1S/C20H22N4O2/c1-13-14(2)21-18-12-16(22-24(18)19(13)25)17-10-6-7-11-23(17)20(26)15-8-4-3-5-9-15/h3-5,8-9,12,17,22H,6-7,10-11H2,1-2H3. The fourth-order valence-electron chi connectivity index (χ4n) is 3.65. The van der Waals surface area contributed by atoms with Crippen molar-refractivity contribution in [3.8, 4) is 0 Å². The van der Waals surface area contributed by atoms with Crippen LogP contribution in [0.5, 0.6) is 0 Å². The lowest BCUT2D eigenvalue weighted by Crippen LogP contribution is -2.38. The Labute approximate surface area is 151 Å². The molecule has 3 aromatic rings. The minimum absolute atomic E-state index is 0.0293. The minimum Gasteiger partial charge on any atom is -0.330 e. The molecule has 1 N–H and O–H groups in total. The number of aromatic nitrogens is 3. The molecule has 26 heavy (non-hydrogen) atoms. The average molecular weight is 350 g/mol. The van der Waals surface area contributed by atoms with Crippen molar-refractivity contribution in [3.63, 3.8) is 0 Å². The number of carbonyl (C=O) groups excluding carboxylic acids is 1. The van der Waals surface area contributed by atoms with E-state index in [2.05, 4.69) is 10.1 Å². The summed E-state index contributed by atoms with van der Waals surface area (Å²) in [4.78, 5) is 31.9. The molecular weight excluding hydrogens is 328 g/mol. The van der Waals surface area contributed by atoms with Crippen molar-refractivity contribution in [2.45, 2.75) is 39.2 Å². The van der Waals surface area contributed by atoms with E-state index in [4.69, 9.17) is 0 Å². The molecule has 0 spiro atoms. The van der Waals surface area contributed by atoms with E-state index >= 15 is 0 Å². The van der Waals surface area contributed by atoms with E-state index in [0.717, 1.165) is 30.7 Å². The van der Waals surface area contributed by atoms with Crippen LogP contribution in [-0.2, 0) is 0 Å². The highest BCUT2D eigenvalue weighted by molar-refractivity contribution is 5.94. The lowest BCUT2D eigenvalue weighted by atomic mass is 9.98. The van der Waals surface area contributed by atoms with Gasteiger partial charge in [-0.15, -0.1) is 0 Å². The van der Waals surface area contributed by atoms with Gasteiger partial charge in [-0.25, -0.2) is 9.50 Å². The number of fused-ring (bicyclic) bond motifs is 1. The van der Waals surface area contributed by atoms with Gasteiger partial charge < -0.3 is 4.90 Å². The first-order valence-corrected chi connectivity index (χ1v) is 9.01. The molecule has 134 valence electrons. The smallest absolute Gasteiger partial charge is 0.275 e. The van der Waals surface area contributed by atoms with Crippen molar-refractivity contribution in [1.82, 2.24) is 19.5 Å². The molecule has 6 nitrogen and oxygen atoms in total. The van der Waals surface area contributed by atoms with E-state index in [1.165, 1.54) is 4.52 Å². The maximum atomic E-state index is 13.0. The van der Waals surface area contributed by atoms with Gasteiger partial charge in [0, 0.05) is 29.4 Å². The van der Waals surface area contributed by atoms with E-state index in [1.54, 1.807) is 6.92 Å². The number of amides is 1. The second-order valence-corrected chi connectivity index (χ2v) is 6.91. The molecule has 0 radical (unpaired) electrons. The number of hydrogen-bond acceptors (Lipinski definition) is 3. The summed E-state index contributed by atoms with van der Waals surface area (Å²) in [6.45, 7) is 4.34. The number of benzene rings is 1. The summed E-state index contributed by atoms with van der Waals surface area (Å²) in [5.41, 5.74) is 3.44. The van der Waals surface area contributed by atoms with Gasteiger partial charge in [0.2, 0.25) is 0 Å². The van der Waals surface area contributed by atoms with Gasteiger partial charge in [0.05, 0.1) is 11.7 Å². The van der Waals surface area contributed by atoms with Crippen LogP contribution < -0.4 is 5.56 Å². The Kier molecular flexibility index (Phi) is 4.11. The third-order valence-electron chi connectivity index (χ3n) is 5.25. The summed E-state index contributed by atoms with van der Waals surface area (Å²) >= 11 is 0. The van der Waals surface area contributed by atoms with Crippen molar-refractivity contribution in [2.75, 3.05) is 6.54 Å². The molecule has 1 fully saturated rings. The molecule has 1 saturated heterocycles. The van der Waals surface area contributed by atoms with Gasteiger partial charge >= 0.3 is 0 Å². The monoisotopic (exact) mass is 350 g/mol. The number of aryl methyl sites for hydroxylation is 1. The number of aromatic amines is 1. The predicted molar refractivity (Wildman–Crippen MR) is 99.4 cm³/mol. The van der Waals surface area contributed by atoms with Crippen molar-refractivity contribution in [2.24, 2.45) is 0 Å². The average Bonchev–Trinajstić information content (AvgIpc) is 3.10. The van der Waals surface area contributed by atoms with Crippen LogP contribution in [0, 0.1) is 13.8 Å². The number of carbonyl (C=O) groups is 1. The molecule has 1 aliphatic rings. The van der Waals surface area contributed by atoms with Gasteiger partial charge in [-0.1, -0.05) is 18.2 Å². The van der Waals surface area contributed by atoms with Gasteiger partial charge in [-0.3, -0.25) is 14.7 Å². The maximum Gasteiger partial charge on any atom is 0.275 e. The zero-order valence-corrected chi connectivity index (χ0v) is 15.0. The normalized spacial score (nSPS) is 17.6. The van der Waals surface area contributed by atoms with Crippen LogP contribution in [0.15, 0.2) is 41.2 Å². The van der Waals surface area contributed by atoms with Gasteiger partial charge in [0.1, 0.15) is 0 Å². The largest absolute Gasteiger partial charge is 0.330 e. The summed E-state index contributed by atoms with van der Waals surface area (Å²) in [7, 11) is 0. The predicted octanol–water partition coefficient (Wildman–Crippen LogP) is 3.01. The van der Waals surface area contributed by atoms with Crippen LogP contribution in [0.1, 0.15) is 52.6 Å². The van der Waals surface area contributed by atoms with Crippen LogP contribution >= 0.6 is 0 Å². The molecule has 0 saturated carbocycles. The molecule has 1 aliphatic heterocycles. The summed E-state index contributed by atoms with van der Waals surface area (Å²) in [6.07, 6.45) is 2.92. The van der Waals surface area contributed by atoms with Crippen molar-refractivity contribution in [1.29, 1.82) is 0 Å². The number of rotatable bonds is 2. The van der Waals surface area contributed by atoms with Gasteiger partial charge in [-0.2, -0.15) is 0 Å². The molecular formula is C20H22N4O2. The Bertz CT molecular complexity index is 1020. The molecule has 1 atom stereocenters. The van der Waals surface area contributed by atoms with E-state index in [0.29, 0.717) is 23.3 Å². The number of piperidine rings is 1. The Morgan fingerprint density at radius 3 is 2.73 bits per heavy atom. The second-order valence-electron chi connectivity index (χ2n) is 6.91. The second kappa shape index (κ2) is 6.44. The Hall–Kier alpha value is -2.89. The SMILES string of the molecule is Cc1nc2cc(C3CCCCN3C(=O)c3ccccc3)[nH]n2c(=O)c1C. The van der Waals surface area contributed by atoms with Crippen LogP contribution in [0.25, 0.3) is 5.65 Å². The van der Waals surface area contributed by atoms with Crippen molar-refractivity contribution >= 4 is 11.6 Å². The van der Waals surface area contributed by atoms with E-state index in [1.807, 2.05) is 48.2 Å². The highest BCUT2D eigenvalue weighted by Gasteiger charge is 2.30. The first-order chi connectivity index (χ1) is 12.6. The Balaban J connectivity index is 1.75. The fourth-order valence-corrected chi connectivity index (χ4v) is 3.65. The molecule has 0 bridgehead atoms. The van der Waals surface area contributed by atoms with Gasteiger partial charge in [0.15, 0.2) is 5.65 Å². The van der Waals surface area contributed by atoms with Gasteiger partial charge in [0.25, 0.3) is 11.5 Å². The van der Waals surface area contributed by atoms with Crippen LogP contribution in [0.3, 0.4) is 0 Å². The van der Waals surface area contributed by atoms with Crippen LogP contribution in [0.2, 0.25) is 0 Å². The lowest BCUT2D eigenvalue weighted by Gasteiger charge is -2.35. The number of H-pyrrole nitrogens is 1. The number of nitrogens with zero attached hydrogens (tertiary/aromatic N) is 3. The zero-order chi connectivity index (χ0) is 18.3. The van der Waals surface area contributed by atoms with E-state index < -0.39 is 0 Å². The highest BCUT2D eigenvalue weighted by atomic mass is 16.2. The number of hydrogen-bond donors (Lipinski definition) is 1. The molecule has 1 aromatic carbocycles. The Morgan fingerprint density at radius 1 is 1.19 bits per heavy atom. The summed E-state index contributed by atoms with van der Waals surface area (Å²) in [5.74, 6) is 0.0293. The van der Waals surface area contributed by atoms with Gasteiger partial charge in [-0.05, 0) is 45.2 Å². The third kappa shape index (κ3) is 2.71. The first kappa shape index (κ1) is 16.6. The molecule has 2 aromatic heterocycles. The molecule has 3 heterocycles. The quantitative estimate of drug-likeness (QED) is 0.772.